The van der Waals surface area contributed by atoms with Crippen molar-refractivity contribution in [2.24, 2.45) is 0 Å². The number of fused-ring (bicyclic) bond motifs is 8. The maximum atomic E-state index is 6.26. The number of benzene rings is 6. The molecule has 7 aromatic rings. The second kappa shape index (κ2) is 8.81. The minimum atomic E-state index is -0.105. The number of rotatable bonds is 4. The molecule has 1 heteroatoms. The second-order valence-corrected chi connectivity index (χ2v) is 11.9. The molecule has 1 nitrogen and oxygen atoms in total. The average Bonchev–Trinajstić information content (AvgIpc) is 3.49. The maximum Gasteiger partial charge on any atom is 0.136 e. The van der Waals surface area contributed by atoms with Crippen molar-refractivity contribution in [3.8, 4) is 22.3 Å². The molecule has 0 unspecified atom stereocenters. The molecule has 0 fully saturated rings. The molecule has 0 saturated carbocycles. The molecular weight excluding hydrogens is 496 g/mol. The topological polar surface area (TPSA) is 13.1 Å². The van der Waals surface area contributed by atoms with Crippen molar-refractivity contribution in [2.45, 2.75) is 25.7 Å². The van der Waals surface area contributed by atoms with E-state index in [2.05, 4.69) is 142 Å². The Labute approximate surface area is 240 Å². The zero-order valence-electron chi connectivity index (χ0n) is 23.4. The van der Waals surface area contributed by atoms with Crippen LogP contribution in [0.5, 0.6) is 0 Å². The Hall–Kier alpha value is -4.88. The van der Waals surface area contributed by atoms with Crippen LogP contribution in [0.2, 0.25) is 0 Å². The SMILES string of the molecule is C=C(Cc1ccccc1)c1ccc2c(c1)C(C)(C)c1cc(-c3ccc4oc5ccc6ccccc6c5c4c3)ccc1-2. The lowest BCUT2D eigenvalue weighted by atomic mass is 9.80. The summed E-state index contributed by atoms with van der Waals surface area (Å²) in [7, 11) is 0. The standard InChI is InChI=1S/C40H30O/c1-25(21-26-9-5-4-6-10-26)28-13-17-32-33-18-14-30(24-36(33)40(2,3)35(32)23-28)29-16-19-37-34(22-29)39-31-12-8-7-11-27(31)15-20-38(39)41-37/h4-20,22-24H,1,21H2,2-3H3. The fourth-order valence-electron chi connectivity index (χ4n) is 6.81. The highest BCUT2D eigenvalue weighted by molar-refractivity contribution is 6.19. The van der Waals surface area contributed by atoms with Gasteiger partial charge in [-0.2, -0.15) is 0 Å². The predicted molar refractivity (Wildman–Crippen MR) is 173 cm³/mol. The molecule has 0 saturated heterocycles. The maximum absolute atomic E-state index is 6.26. The molecule has 0 N–H and O–H groups in total. The third kappa shape index (κ3) is 3.69. The first-order chi connectivity index (χ1) is 20.0. The van der Waals surface area contributed by atoms with E-state index < -0.39 is 0 Å². The van der Waals surface area contributed by atoms with Gasteiger partial charge in [0.1, 0.15) is 11.2 Å². The lowest BCUT2D eigenvalue weighted by molar-refractivity contribution is 0.660. The molecule has 41 heavy (non-hydrogen) atoms. The quantitative estimate of drug-likeness (QED) is 0.222. The molecular formula is C40H30O. The fraction of sp³-hybridized carbons (Fsp3) is 0.100. The fourth-order valence-corrected chi connectivity index (χ4v) is 6.81. The average molecular weight is 527 g/mol. The van der Waals surface area contributed by atoms with Gasteiger partial charge in [-0.25, -0.2) is 0 Å². The summed E-state index contributed by atoms with van der Waals surface area (Å²) in [5.41, 5.74) is 13.3. The van der Waals surface area contributed by atoms with Crippen molar-refractivity contribution in [2.75, 3.05) is 0 Å². The minimum absolute atomic E-state index is 0.105. The third-order valence-corrected chi connectivity index (χ3v) is 9.04. The smallest absolute Gasteiger partial charge is 0.136 e. The Balaban J connectivity index is 1.20. The van der Waals surface area contributed by atoms with Crippen LogP contribution in [0.4, 0.5) is 0 Å². The van der Waals surface area contributed by atoms with Gasteiger partial charge < -0.3 is 4.42 Å². The summed E-state index contributed by atoms with van der Waals surface area (Å²) in [6.45, 7) is 9.15. The van der Waals surface area contributed by atoms with Gasteiger partial charge in [-0.1, -0.05) is 111 Å². The zero-order chi connectivity index (χ0) is 27.7. The van der Waals surface area contributed by atoms with E-state index in [0.29, 0.717) is 0 Å². The van der Waals surface area contributed by atoms with Gasteiger partial charge in [0.2, 0.25) is 0 Å². The Morgan fingerprint density at radius 3 is 2.17 bits per heavy atom. The van der Waals surface area contributed by atoms with Gasteiger partial charge in [0.05, 0.1) is 0 Å². The Morgan fingerprint density at radius 2 is 1.32 bits per heavy atom. The number of allylic oxidation sites excluding steroid dienone is 1. The summed E-state index contributed by atoms with van der Waals surface area (Å²) in [4.78, 5) is 0. The molecule has 1 aliphatic carbocycles. The van der Waals surface area contributed by atoms with Crippen molar-refractivity contribution in [3.63, 3.8) is 0 Å². The largest absolute Gasteiger partial charge is 0.456 e. The first kappa shape index (κ1) is 24.0. The van der Waals surface area contributed by atoms with Gasteiger partial charge >= 0.3 is 0 Å². The lowest BCUT2D eigenvalue weighted by Crippen LogP contribution is -2.15. The molecule has 1 aromatic heterocycles. The minimum Gasteiger partial charge on any atom is -0.456 e. The van der Waals surface area contributed by atoms with Crippen LogP contribution in [0.3, 0.4) is 0 Å². The van der Waals surface area contributed by atoms with Gasteiger partial charge in [-0.15, -0.1) is 0 Å². The van der Waals surface area contributed by atoms with Crippen LogP contribution in [0, 0.1) is 0 Å². The van der Waals surface area contributed by atoms with Crippen molar-refractivity contribution < 1.29 is 4.42 Å². The molecule has 0 spiro atoms. The molecule has 1 aliphatic rings. The first-order valence-corrected chi connectivity index (χ1v) is 14.3. The van der Waals surface area contributed by atoms with Crippen molar-refractivity contribution >= 4 is 38.3 Å². The monoisotopic (exact) mass is 526 g/mol. The van der Waals surface area contributed by atoms with Gasteiger partial charge in [0, 0.05) is 16.2 Å². The Morgan fingerprint density at radius 1 is 0.634 bits per heavy atom. The lowest BCUT2D eigenvalue weighted by Gasteiger charge is -2.23. The van der Waals surface area contributed by atoms with Gasteiger partial charge in [0.25, 0.3) is 0 Å². The Kier molecular flexibility index (Phi) is 5.15. The van der Waals surface area contributed by atoms with E-state index in [1.165, 1.54) is 66.1 Å². The van der Waals surface area contributed by atoms with E-state index in [4.69, 9.17) is 4.42 Å². The molecule has 0 aliphatic heterocycles. The van der Waals surface area contributed by atoms with Crippen LogP contribution < -0.4 is 0 Å². The summed E-state index contributed by atoms with van der Waals surface area (Å²) < 4.78 is 6.26. The van der Waals surface area contributed by atoms with E-state index in [1.54, 1.807) is 0 Å². The Bertz CT molecular complexity index is 2160. The summed E-state index contributed by atoms with van der Waals surface area (Å²) in [6.07, 6.45) is 0.859. The van der Waals surface area contributed by atoms with Gasteiger partial charge in [-0.3, -0.25) is 0 Å². The third-order valence-electron chi connectivity index (χ3n) is 9.04. The van der Waals surface area contributed by atoms with E-state index in [-0.39, 0.29) is 5.41 Å². The molecule has 0 bridgehead atoms. The predicted octanol–water partition coefficient (Wildman–Crippen LogP) is 11.0. The van der Waals surface area contributed by atoms with E-state index in [0.717, 1.165) is 23.2 Å². The number of hydrogen-bond acceptors (Lipinski definition) is 1. The second-order valence-electron chi connectivity index (χ2n) is 11.9. The molecule has 0 atom stereocenters. The summed E-state index contributed by atoms with van der Waals surface area (Å²) in [5.74, 6) is 0. The van der Waals surface area contributed by atoms with Crippen molar-refractivity contribution in [3.05, 3.63) is 150 Å². The van der Waals surface area contributed by atoms with Crippen LogP contribution in [-0.4, -0.2) is 0 Å². The van der Waals surface area contributed by atoms with E-state index in [9.17, 15) is 0 Å². The van der Waals surface area contributed by atoms with E-state index in [1.807, 2.05) is 0 Å². The van der Waals surface area contributed by atoms with Crippen LogP contribution in [0.1, 0.15) is 36.1 Å². The highest BCUT2D eigenvalue weighted by Gasteiger charge is 2.36. The molecule has 196 valence electrons. The van der Waals surface area contributed by atoms with Crippen LogP contribution >= 0.6 is 0 Å². The highest BCUT2D eigenvalue weighted by atomic mass is 16.3. The van der Waals surface area contributed by atoms with Crippen molar-refractivity contribution in [1.29, 1.82) is 0 Å². The molecule has 8 rings (SSSR count). The number of hydrogen-bond donors (Lipinski definition) is 0. The first-order valence-electron chi connectivity index (χ1n) is 14.3. The summed E-state index contributed by atoms with van der Waals surface area (Å²) >= 11 is 0. The van der Waals surface area contributed by atoms with E-state index >= 15 is 0 Å². The van der Waals surface area contributed by atoms with Crippen LogP contribution in [0.15, 0.2) is 132 Å². The highest BCUT2D eigenvalue weighted by Crippen LogP contribution is 2.50. The number of furan rings is 1. The molecule has 6 aromatic carbocycles. The molecule has 1 heterocycles. The molecule has 0 radical (unpaired) electrons. The summed E-state index contributed by atoms with van der Waals surface area (Å²) in [6, 6.07) is 43.9. The van der Waals surface area contributed by atoms with Crippen LogP contribution in [-0.2, 0) is 11.8 Å². The van der Waals surface area contributed by atoms with Gasteiger partial charge in [0.15, 0.2) is 0 Å². The zero-order valence-corrected chi connectivity index (χ0v) is 23.4. The summed E-state index contributed by atoms with van der Waals surface area (Å²) in [5, 5.41) is 4.82. The molecule has 0 amide bonds. The van der Waals surface area contributed by atoms with Gasteiger partial charge in [-0.05, 0) is 97.6 Å². The van der Waals surface area contributed by atoms with Crippen molar-refractivity contribution in [1.82, 2.24) is 0 Å². The van der Waals surface area contributed by atoms with Crippen LogP contribution in [0.25, 0.3) is 60.5 Å². The normalized spacial score (nSPS) is 13.5.